The Kier molecular flexibility index (Phi) is 8.52. The van der Waals surface area contributed by atoms with Crippen molar-refractivity contribution in [3.8, 4) is 0 Å². The highest BCUT2D eigenvalue weighted by Gasteiger charge is 2.52. The summed E-state index contributed by atoms with van der Waals surface area (Å²) in [5.41, 5.74) is 10.6. The molecule has 3 heteroatoms. The van der Waals surface area contributed by atoms with E-state index in [1.807, 2.05) is 0 Å². The van der Waals surface area contributed by atoms with E-state index in [9.17, 15) is 0 Å². The number of likely N-dealkylation sites (tertiary alicyclic amines) is 1. The van der Waals surface area contributed by atoms with Gasteiger partial charge < -0.3 is 9.64 Å². The Bertz CT molecular complexity index is 1840. The molecule has 0 N–H and O–H groups in total. The molecule has 0 radical (unpaired) electrons. The van der Waals surface area contributed by atoms with E-state index in [-0.39, 0.29) is 6.10 Å². The fourth-order valence-electron chi connectivity index (χ4n) is 11.5. The highest BCUT2D eigenvalue weighted by Crippen LogP contribution is 2.54. The number of hydrogen-bond acceptors (Lipinski definition) is 3. The monoisotopic (exact) mass is 674 g/mol. The van der Waals surface area contributed by atoms with Gasteiger partial charge in [0.15, 0.2) is 0 Å². The molecule has 10 rings (SSSR count). The van der Waals surface area contributed by atoms with Crippen LogP contribution in [-0.4, -0.2) is 34.0 Å². The maximum atomic E-state index is 6.74. The summed E-state index contributed by atoms with van der Waals surface area (Å²) in [7, 11) is 0. The standard InChI is InChI=1S/C48H54N2O/c1-4-14-33(15-5-1)35-18-12-21-38(30-35)49(44-23-13-25-47-48(44)41-22-10-11-24-46(41)51-47)39-27-29-43-42(32-39)40-28-26-36(34-16-6-2-7-17-34)31-45(40)50(43)37-19-8-3-9-20-37/h2-4,6-8,11-12,14-18,21,23-24,31-32,35,37,40,42-43,45,47-48H,1,5,9-10,13,19-20,22,25-30H2. The van der Waals surface area contributed by atoms with Crippen LogP contribution in [0.25, 0.3) is 5.57 Å². The molecule has 7 aliphatic carbocycles. The molecule has 0 amide bonds. The maximum absolute atomic E-state index is 6.74. The molecule has 1 aromatic rings. The van der Waals surface area contributed by atoms with Crippen LogP contribution in [0.1, 0.15) is 95.5 Å². The Morgan fingerprint density at radius 3 is 2.59 bits per heavy atom. The average Bonchev–Trinajstić information content (AvgIpc) is 3.75. The third-order valence-electron chi connectivity index (χ3n) is 13.8. The molecule has 1 aromatic carbocycles. The zero-order valence-electron chi connectivity index (χ0n) is 30.2. The van der Waals surface area contributed by atoms with E-state index in [0.29, 0.717) is 41.8 Å². The van der Waals surface area contributed by atoms with Gasteiger partial charge in [0.2, 0.25) is 0 Å². The number of benzene rings is 1. The first-order valence-electron chi connectivity index (χ1n) is 20.5. The lowest BCUT2D eigenvalue weighted by Gasteiger charge is -2.44. The molecule has 0 spiro atoms. The number of fused-ring (bicyclic) bond motifs is 5. The Labute approximate surface area is 305 Å². The number of nitrogens with zero attached hydrogens (tertiary/aromatic N) is 2. The number of allylic oxidation sites excluding steroid dienone is 14. The summed E-state index contributed by atoms with van der Waals surface area (Å²) in [6.45, 7) is 0. The maximum Gasteiger partial charge on any atom is 0.119 e. The summed E-state index contributed by atoms with van der Waals surface area (Å²) in [4.78, 5) is 5.87. The van der Waals surface area contributed by atoms with Crippen molar-refractivity contribution in [1.29, 1.82) is 0 Å². The summed E-state index contributed by atoms with van der Waals surface area (Å²) >= 11 is 0. The van der Waals surface area contributed by atoms with E-state index < -0.39 is 0 Å². The molecule has 1 fully saturated rings. The summed E-state index contributed by atoms with van der Waals surface area (Å²) < 4.78 is 6.74. The van der Waals surface area contributed by atoms with Crippen molar-refractivity contribution in [3.63, 3.8) is 0 Å². The van der Waals surface area contributed by atoms with Gasteiger partial charge in [-0.05, 0) is 136 Å². The molecule has 51 heavy (non-hydrogen) atoms. The van der Waals surface area contributed by atoms with Gasteiger partial charge in [-0.1, -0.05) is 97.2 Å². The predicted molar refractivity (Wildman–Crippen MR) is 209 cm³/mol. The zero-order valence-corrected chi connectivity index (χ0v) is 30.2. The quantitative estimate of drug-likeness (QED) is 0.279. The number of hydrogen-bond donors (Lipinski definition) is 0. The molecule has 9 aliphatic rings. The second-order valence-corrected chi connectivity index (χ2v) is 16.5. The minimum Gasteiger partial charge on any atom is -0.489 e. The summed E-state index contributed by atoms with van der Waals surface area (Å²) in [6, 6.07) is 13.1. The normalized spacial score (nSPS) is 35.4. The van der Waals surface area contributed by atoms with Crippen molar-refractivity contribution in [2.24, 2.45) is 23.7 Å². The summed E-state index contributed by atoms with van der Waals surface area (Å²) in [5, 5.41) is 0. The lowest BCUT2D eigenvalue weighted by molar-refractivity contribution is 0.106. The molecule has 0 saturated carbocycles. The molecule has 8 atom stereocenters. The molecule has 0 aromatic heterocycles. The number of ether oxygens (including phenoxy) is 1. The lowest BCUT2D eigenvalue weighted by Crippen LogP contribution is -2.46. The van der Waals surface area contributed by atoms with Crippen LogP contribution < -0.4 is 0 Å². The molecule has 3 nitrogen and oxygen atoms in total. The van der Waals surface area contributed by atoms with Crippen LogP contribution in [0.5, 0.6) is 0 Å². The third-order valence-corrected chi connectivity index (χ3v) is 13.8. The first-order valence-corrected chi connectivity index (χ1v) is 20.5. The smallest absolute Gasteiger partial charge is 0.119 e. The van der Waals surface area contributed by atoms with Crippen molar-refractivity contribution >= 4 is 5.57 Å². The van der Waals surface area contributed by atoms with Crippen molar-refractivity contribution in [2.75, 3.05) is 0 Å². The Morgan fingerprint density at radius 2 is 1.71 bits per heavy atom. The average molecular weight is 675 g/mol. The highest BCUT2D eigenvalue weighted by atomic mass is 16.5. The zero-order chi connectivity index (χ0) is 33.7. The molecule has 8 unspecified atom stereocenters. The van der Waals surface area contributed by atoms with Gasteiger partial charge in [-0.25, -0.2) is 0 Å². The third kappa shape index (κ3) is 5.75. The van der Waals surface area contributed by atoms with E-state index >= 15 is 0 Å². The van der Waals surface area contributed by atoms with Crippen molar-refractivity contribution in [3.05, 3.63) is 149 Å². The molecule has 0 bridgehead atoms. The Balaban J connectivity index is 1.04. The van der Waals surface area contributed by atoms with Gasteiger partial charge in [0.25, 0.3) is 0 Å². The fraction of sp³-hybridized carbons (Fsp3) is 0.458. The van der Waals surface area contributed by atoms with Gasteiger partial charge in [-0.15, -0.1) is 0 Å². The van der Waals surface area contributed by atoms with Gasteiger partial charge in [-0.3, -0.25) is 4.90 Å². The Hall–Kier alpha value is -3.82. The lowest BCUT2D eigenvalue weighted by atomic mass is 9.74. The first kappa shape index (κ1) is 31.9. The van der Waals surface area contributed by atoms with Gasteiger partial charge in [0, 0.05) is 41.1 Å². The van der Waals surface area contributed by atoms with Crippen molar-refractivity contribution in [1.82, 2.24) is 9.80 Å². The predicted octanol–water partition coefficient (Wildman–Crippen LogP) is 11.3. The van der Waals surface area contributed by atoms with E-state index in [1.165, 1.54) is 79.7 Å². The van der Waals surface area contributed by atoms with Gasteiger partial charge in [-0.2, -0.15) is 0 Å². The van der Waals surface area contributed by atoms with E-state index in [4.69, 9.17) is 4.74 Å². The van der Waals surface area contributed by atoms with Crippen LogP contribution in [0.4, 0.5) is 0 Å². The van der Waals surface area contributed by atoms with Crippen LogP contribution in [-0.2, 0) is 4.74 Å². The SMILES string of the molecule is C1=CC(C2=CCCC=C2)CC(N(C2=CC3C4CCC(c5ccccc5)=CC4N(C4CC=CCC4)C3CC2)C2=CCCC3OC4=C(CCC=C4)C23)=C1. The minimum absolute atomic E-state index is 0.266. The second-order valence-electron chi connectivity index (χ2n) is 16.5. The molecular weight excluding hydrogens is 621 g/mol. The first-order chi connectivity index (χ1) is 25.3. The highest BCUT2D eigenvalue weighted by molar-refractivity contribution is 5.67. The van der Waals surface area contributed by atoms with Crippen LogP contribution in [0.3, 0.4) is 0 Å². The fourth-order valence-corrected chi connectivity index (χ4v) is 11.5. The molecule has 1 saturated heterocycles. The van der Waals surface area contributed by atoms with Crippen LogP contribution in [0.15, 0.2) is 143 Å². The second kappa shape index (κ2) is 13.6. The van der Waals surface area contributed by atoms with E-state index in [1.54, 1.807) is 16.8 Å². The van der Waals surface area contributed by atoms with Gasteiger partial charge in [0.1, 0.15) is 11.9 Å². The van der Waals surface area contributed by atoms with Gasteiger partial charge in [0.05, 0.1) is 5.92 Å². The molecule has 262 valence electrons. The van der Waals surface area contributed by atoms with Crippen LogP contribution in [0, 0.1) is 23.7 Å². The topological polar surface area (TPSA) is 15.7 Å². The molecule has 2 heterocycles. The largest absolute Gasteiger partial charge is 0.489 e. The Morgan fingerprint density at radius 1 is 0.765 bits per heavy atom. The van der Waals surface area contributed by atoms with Gasteiger partial charge >= 0.3 is 0 Å². The molecule has 2 aliphatic heterocycles. The van der Waals surface area contributed by atoms with E-state index in [2.05, 4.69) is 119 Å². The van der Waals surface area contributed by atoms with Crippen molar-refractivity contribution < 1.29 is 4.74 Å². The molecular formula is C48H54N2O. The number of rotatable bonds is 6. The van der Waals surface area contributed by atoms with Crippen LogP contribution >= 0.6 is 0 Å². The summed E-state index contributed by atoms with van der Waals surface area (Å²) in [6.07, 6.45) is 49.0. The van der Waals surface area contributed by atoms with E-state index in [0.717, 1.165) is 38.5 Å². The van der Waals surface area contributed by atoms with Crippen LogP contribution in [0.2, 0.25) is 0 Å². The van der Waals surface area contributed by atoms with Crippen molar-refractivity contribution in [2.45, 2.75) is 114 Å². The summed E-state index contributed by atoms with van der Waals surface area (Å²) in [5.74, 6) is 3.25. The minimum atomic E-state index is 0.266.